The minimum Gasteiger partial charge on any atom is -0.481 e. The normalized spacial score (nSPS) is 11.5. The van der Waals surface area contributed by atoms with Crippen molar-refractivity contribution in [1.82, 2.24) is 10.9 Å². The number of halogens is 2. The second-order valence-electron chi connectivity index (χ2n) is 5.12. The summed E-state index contributed by atoms with van der Waals surface area (Å²) < 4.78 is 31.5. The standard InChI is InChI=1S/C17H16F2N2O3/c1-10-3-4-12(9-15(10)19)17(23)21-20-16(22)11(2)24-14-7-5-13(18)6-8-14/h3-9,11H,1-2H3,(H,20,22)(H,21,23). The molecule has 2 aromatic rings. The molecule has 0 spiro atoms. The van der Waals surface area contributed by atoms with E-state index in [0.29, 0.717) is 11.3 Å². The number of hydrazine groups is 1. The van der Waals surface area contributed by atoms with E-state index >= 15 is 0 Å². The van der Waals surface area contributed by atoms with Crippen LogP contribution in [0.1, 0.15) is 22.8 Å². The molecule has 0 saturated heterocycles. The van der Waals surface area contributed by atoms with Gasteiger partial charge in [0.05, 0.1) is 0 Å². The van der Waals surface area contributed by atoms with Crippen LogP contribution >= 0.6 is 0 Å². The predicted octanol–water partition coefficient (Wildman–Crippen LogP) is 2.50. The first-order chi connectivity index (χ1) is 11.4. The number of benzene rings is 2. The molecule has 0 aromatic heterocycles. The van der Waals surface area contributed by atoms with Crippen molar-refractivity contribution in [3.8, 4) is 5.75 Å². The molecule has 0 heterocycles. The number of aryl methyl sites for hydroxylation is 1. The van der Waals surface area contributed by atoms with Gasteiger partial charge in [-0.1, -0.05) is 6.07 Å². The van der Waals surface area contributed by atoms with Crippen LogP contribution in [0.3, 0.4) is 0 Å². The Kier molecular flexibility index (Phi) is 5.47. The lowest BCUT2D eigenvalue weighted by molar-refractivity contribution is -0.128. The van der Waals surface area contributed by atoms with Crippen molar-refractivity contribution in [3.05, 3.63) is 65.2 Å². The summed E-state index contributed by atoms with van der Waals surface area (Å²) in [5.41, 5.74) is 4.85. The van der Waals surface area contributed by atoms with Crippen LogP contribution in [0.2, 0.25) is 0 Å². The number of hydrogen-bond acceptors (Lipinski definition) is 3. The molecule has 7 heteroatoms. The highest BCUT2D eigenvalue weighted by Gasteiger charge is 2.16. The molecule has 0 saturated carbocycles. The van der Waals surface area contributed by atoms with Gasteiger partial charge in [-0.05, 0) is 55.8 Å². The highest BCUT2D eigenvalue weighted by molar-refractivity contribution is 5.95. The summed E-state index contributed by atoms with van der Waals surface area (Å²) in [5.74, 6) is -1.89. The van der Waals surface area contributed by atoms with Crippen molar-refractivity contribution in [1.29, 1.82) is 0 Å². The number of rotatable bonds is 4. The third-order valence-corrected chi connectivity index (χ3v) is 3.23. The molecule has 2 N–H and O–H groups in total. The zero-order chi connectivity index (χ0) is 17.7. The summed E-state index contributed by atoms with van der Waals surface area (Å²) in [6, 6.07) is 9.15. The molecule has 0 bridgehead atoms. The van der Waals surface area contributed by atoms with Gasteiger partial charge in [0, 0.05) is 5.56 Å². The van der Waals surface area contributed by atoms with Crippen molar-refractivity contribution in [2.24, 2.45) is 0 Å². The van der Waals surface area contributed by atoms with E-state index < -0.39 is 29.6 Å². The first kappa shape index (κ1) is 17.4. The van der Waals surface area contributed by atoms with Gasteiger partial charge in [-0.3, -0.25) is 20.4 Å². The molecular weight excluding hydrogens is 318 g/mol. The molecular formula is C17H16F2N2O3. The molecule has 0 aliphatic heterocycles. The van der Waals surface area contributed by atoms with Gasteiger partial charge >= 0.3 is 0 Å². The third-order valence-electron chi connectivity index (χ3n) is 3.23. The van der Waals surface area contributed by atoms with Crippen LogP contribution in [0.5, 0.6) is 5.75 Å². The molecule has 24 heavy (non-hydrogen) atoms. The van der Waals surface area contributed by atoms with Crippen LogP contribution in [0.15, 0.2) is 42.5 Å². The highest BCUT2D eigenvalue weighted by atomic mass is 19.1. The molecule has 1 unspecified atom stereocenters. The van der Waals surface area contributed by atoms with E-state index in [4.69, 9.17) is 4.74 Å². The zero-order valence-electron chi connectivity index (χ0n) is 13.1. The summed E-state index contributed by atoms with van der Waals surface area (Å²) in [7, 11) is 0. The molecule has 0 fully saturated rings. The van der Waals surface area contributed by atoms with E-state index in [1.807, 2.05) is 0 Å². The van der Waals surface area contributed by atoms with E-state index in [1.165, 1.54) is 43.3 Å². The van der Waals surface area contributed by atoms with Gasteiger partial charge in [-0.15, -0.1) is 0 Å². The van der Waals surface area contributed by atoms with Gasteiger partial charge in [0.2, 0.25) is 0 Å². The number of ether oxygens (including phenoxy) is 1. The van der Waals surface area contributed by atoms with E-state index in [0.717, 1.165) is 6.07 Å². The van der Waals surface area contributed by atoms with Crippen molar-refractivity contribution in [3.63, 3.8) is 0 Å². The Bertz CT molecular complexity index is 748. The fourth-order valence-corrected chi connectivity index (χ4v) is 1.80. The van der Waals surface area contributed by atoms with Gasteiger partial charge in [0.15, 0.2) is 6.10 Å². The highest BCUT2D eigenvalue weighted by Crippen LogP contribution is 2.13. The maximum absolute atomic E-state index is 13.4. The Morgan fingerprint density at radius 1 is 1.04 bits per heavy atom. The molecule has 126 valence electrons. The topological polar surface area (TPSA) is 67.4 Å². The largest absolute Gasteiger partial charge is 0.481 e. The van der Waals surface area contributed by atoms with Crippen LogP contribution in [0, 0.1) is 18.6 Å². The Morgan fingerprint density at radius 2 is 1.71 bits per heavy atom. The van der Waals surface area contributed by atoms with Crippen LogP contribution in [0.25, 0.3) is 0 Å². The summed E-state index contributed by atoms with van der Waals surface area (Å²) in [4.78, 5) is 23.7. The smallest absolute Gasteiger partial charge is 0.279 e. The molecule has 2 amide bonds. The quantitative estimate of drug-likeness (QED) is 0.844. The van der Waals surface area contributed by atoms with Crippen molar-refractivity contribution in [2.75, 3.05) is 0 Å². The van der Waals surface area contributed by atoms with Gasteiger partial charge in [-0.2, -0.15) is 0 Å². The lowest BCUT2D eigenvalue weighted by Gasteiger charge is -2.15. The average molecular weight is 334 g/mol. The van der Waals surface area contributed by atoms with E-state index in [1.54, 1.807) is 6.92 Å². The maximum Gasteiger partial charge on any atom is 0.279 e. The SMILES string of the molecule is Cc1ccc(C(=O)NNC(=O)C(C)Oc2ccc(F)cc2)cc1F. The minimum absolute atomic E-state index is 0.0745. The molecule has 0 radical (unpaired) electrons. The Balaban J connectivity index is 1.88. The van der Waals surface area contributed by atoms with Gasteiger partial charge < -0.3 is 4.74 Å². The summed E-state index contributed by atoms with van der Waals surface area (Å²) >= 11 is 0. The first-order valence-corrected chi connectivity index (χ1v) is 7.15. The van der Waals surface area contributed by atoms with Crippen LogP contribution in [-0.4, -0.2) is 17.9 Å². The van der Waals surface area contributed by atoms with Crippen LogP contribution in [-0.2, 0) is 4.79 Å². The second-order valence-corrected chi connectivity index (χ2v) is 5.12. The Labute approximate surface area is 137 Å². The monoisotopic (exact) mass is 334 g/mol. The van der Waals surface area contributed by atoms with Crippen molar-refractivity contribution < 1.29 is 23.1 Å². The molecule has 2 rings (SSSR count). The fourth-order valence-electron chi connectivity index (χ4n) is 1.80. The number of hydrogen-bond donors (Lipinski definition) is 2. The Morgan fingerprint density at radius 3 is 2.33 bits per heavy atom. The lowest BCUT2D eigenvalue weighted by Crippen LogP contribution is -2.47. The van der Waals surface area contributed by atoms with Gasteiger partial charge in [0.25, 0.3) is 11.8 Å². The maximum atomic E-state index is 13.4. The molecule has 0 aliphatic rings. The lowest BCUT2D eigenvalue weighted by atomic mass is 10.1. The van der Waals surface area contributed by atoms with Gasteiger partial charge in [-0.25, -0.2) is 8.78 Å². The summed E-state index contributed by atoms with van der Waals surface area (Å²) in [6.45, 7) is 3.05. The number of carbonyl (C=O) groups excluding carboxylic acids is 2. The number of carbonyl (C=O) groups is 2. The van der Waals surface area contributed by atoms with Crippen molar-refractivity contribution in [2.45, 2.75) is 20.0 Å². The molecule has 5 nitrogen and oxygen atoms in total. The second kappa shape index (κ2) is 7.54. The number of nitrogens with one attached hydrogen (secondary N) is 2. The van der Waals surface area contributed by atoms with Crippen LogP contribution in [0.4, 0.5) is 8.78 Å². The van der Waals surface area contributed by atoms with Crippen LogP contribution < -0.4 is 15.6 Å². The van der Waals surface area contributed by atoms with E-state index in [2.05, 4.69) is 10.9 Å². The minimum atomic E-state index is -0.925. The average Bonchev–Trinajstić information content (AvgIpc) is 2.56. The number of amides is 2. The first-order valence-electron chi connectivity index (χ1n) is 7.15. The predicted molar refractivity (Wildman–Crippen MR) is 83.2 cm³/mol. The molecule has 2 aromatic carbocycles. The van der Waals surface area contributed by atoms with E-state index in [9.17, 15) is 18.4 Å². The van der Waals surface area contributed by atoms with Crippen molar-refractivity contribution >= 4 is 11.8 Å². The zero-order valence-corrected chi connectivity index (χ0v) is 13.1. The Hall–Kier alpha value is -2.96. The summed E-state index contributed by atoms with van der Waals surface area (Å²) in [5, 5.41) is 0. The fraction of sp³-hybridized carbons (Fsp3) is 0.176. The third kappa shape index (κ3) is 4.52. The molecule has 1 atom stereocenters. The van der Waals surface area contributed by atoms with Gasteiger partial charge in [0.1, 0.15) is 17.4 Å². The summed E-state index contributed by atoms with van der Waals surface area (Å²) in [6.07, 6.45) is -0.925. The molecule has 0 aliphatic carbocycles. The van der Waals surface area contributed by atoms with E-state index in [-0.39, 0.29) is 5.56 Å².